The molecule has 0 aliphatic heterocycles. The average Bonchev–Trinajstić information content (AvgIpc) is 2.11. The van der Waals surface area contributed by atoms with Crippen molar-refractivity contribution in [2.75, 3.05) is 0 Å². The zero-order valence-corrected chi connectivity index (χ0v) is 11.0. The highest BCUT2D eigenvalue weighted by Gasteiger charge is 2.49. The first-order chi connectivity index (χ1) is 7.05. The van der Waals surface area contributed by atoms with Gasteiger partial charge in [0.15, 0.2) is 0 Å². The molecule has 0 aliphatic carbocycles. The quantitative estimate of drug-likeness (QED) is 0.549. The van der Waals surface area contributed by atoms with E-state index in [-0.39, 0.29) is 5.48 Å². The van der Waals surface area contributed by atoms with Gasteiger partial charge in [-0.15, -0.1) is 0 Å². The number of carbonyl (C=O) groups is 2. The van der Waals surface area contributed by atoms with Crippen LogP contribution in [0.4, 0.5) is 0 Å². The van der Waals surface area contributed by atoms with Crippen LogP contribution in [0.25, 0.3) is 0 Å². The molecule has 6 nitrogen and oxygen atoms in total. The number of esters is 1. The van der Waals surface area contributed by atoms with E-state index >= 15 is 0 Å². The fraction of sp³-hybridized carbons (Fsp3) is 0.818. The van der Waals surface area contributed by atoms with Crippen LogP contribution >= 0.6 is 0 Å². The lowest BCUT2D eigenvalue weighted by Gasteiger charge is -2.31. The predicted octanol–water partition coefficient (Wildman–Crippen LogP) is 0.332. The van der Waals surface area contributed by atoms with Crippen LogP contribution in [-0.2, 0) is 14.3 Å². The summed E-state index contributed by atoms with van der Waals surface area (Å²) in [6.45, 7) is 8.41. The molecule has 2 atom stereocenters. The zero-order chi connectivity index (χ0) is 13.1. The summed E-state index contributed by atoms with van der Waals surface area (Å²) >= 11 is 0. The van der Waals surface area contributed by atoms with Crippen molar-refractivity contribution in [2.45, 2.75) is 52.2 Å². The van der Waals surface area contributed by atoms with Crippen molar-refractivity contribution in [3.63, 3.8) is 0 Å². The fourth-order valence-electron chi connectivity index (χ4n) is 1.18. The van der Waals surface area contributed by atoms with Gasteiger partial charge in [-0.2, -0.15) is 0 Å². The van der Waals surface area contributed by atoms with E-state index < -0.39 is 29.0 Å². The maximum atomic E-state index is 11.8. The van der Waals surface area contributed by atoms with Crippen LogP contribution in [0.3, 0.4) is 0 Å². The first kappa shape index (κ1) is 18.2. The molecule has 17 heavy (non-hydrogen) atoms. The molecule has 0 aliphatic rings. The topological polar surface area (TPSA) is 121 Å². The maximum absolute atomic E-state index is 11.8. The Kier molecular flexibility index (Phi) is 6.41. The minimum atomic E-state index is -1.97. The molecule has 0 aromatic rings. The highest BCUT2D eigenvalue weighted by Crippen LogP contribution is 2.22. The number of aliphatic carboxylic acids is 1. The normalized spacial score (nSPS) is 16.4. The molecule has 5 N–H and O–H groups in total. The number of hydrogen-bond donors (Lipinski definition) is 2. The van der Waals surface area contributed by atoms with Crippen LogP contribution in [-0.4, -0.2) is 33.7 Å². The summed E-state index contributed by atoms with van der Waals surface area (Å²) in [4.78, 5) is 22.9. The Morgan fingerprint density at radius 2 is 1.76 bits per heavy atom. The molecule has 0 fully saturated rings. The van der Waals surface area contributed by atoms with E-state index in [0.29, 0.717) is 6.42 Å². The highest BCUT2D eigenvalue weighted by atomic mass is 16.6. The van der Waals surface area contributed by atoms with Crippen LogP contribution in [0.15, 0.2) is 0 Å². The molecule has 0 rings (SSSR count). The average molecular weight is 249 g/mol. The Morgan fingerprint density at radius 1 is 1.35 bits per heavy atom. The van der Waals surface area contributed by atoms with Gasteiger partial charge in [0.2, 0.25) is 5.54 Å². The second-order valence-electron chi connectivity index (χ2n) is 4.99. The van der Waals surface area contributed by atoms with E-state index in [9.17, 15) is 9.59 Å². The number of hydrogen-bond acceptors (Lipinski definition) is 4. The first-order valence-corrected chi connectivity index (χ1v) is 5.31. The van der Waals surface area contributed by atoms with Crippen molar-refractivity contribution in [1.29, 1.82) is 0 Å². The van der Waals surface area contributed by atoms with Gasteiger partial charge in [-0.1, -0.05) is 20.3 Å². The van der Waals surface area contributed by atoms with Crippen molar-refractivity contribution in [3.05, 3.63) is 0 Å². The van der Waals surface area contributed by atoms with Gasteiger partial charge in [-0.25, -0.2) is 9.59 Å². The van der Waals surface area contributed by atoms with Crippen molar-refractivity contribution in [2.24, 2.45) is 11.7 Å². The third kappa shape index (κ3) is 4.32. The van der Waals surface area contributed by atoms with Crippen LogP contribution in [0, 0.1) is 5.92 Å². The first-order valence-electron chi connectivity index (χ1n) is 5.31. The Bertz CT molecular complexity index is 284. The Balaban J connectivity index is 0. The van der Waals surface area contributed by atoms with E-state index in [1.165, 1.54) is 0 Å². The van der Waals surface area contributed by atoms with Crippen LogP contribution < -0.4 is 5.73 Å². The number of ether oxygens (including phenoxy) is 1. The van der Waals surface area contributed by atoms with Gasteiger partial charge in [-0.05, 0) is 26.7 Å². The summed E-state index contributed by atoms with van der Waals surface area (Å²) < 4.78 is 5.04. The van der Waals surface area contributed by atoms with E-state index in [0.717, 1.165) is 0 Å². The van der Waals surface area contributed by atoms with Gasteiger partial charge in [-0.3, -0.25) is 0 Å². The number of carboxylic acid groups (broad SMARTS) is 1. The van der Waals surface area contributed by atoms with Crippen LogP contribution in [0.1, 0.15) is 41.0 Å². The summed E-state index contributed by atoms with van der Waals surface area (Å²) in [5.74, 6) is -2.72. The molecule has 102 valence electrons. The number of rotatable bonds is 4. The summed E-state index contributed by atoms with van der Waals surface area (Å²) in [6, 6.07) is 0. The Morgan fingerprint density at radius 3 is 2.00 bits per heavy atom. The lowest BCUT2D eigenvalue weighted by Crippen LogP contribution is -2.61. The van der Waals surface area contributed by atoms with Crippen LogP contribution in [0.5, 0.6) is 0 Å². The lowest BCUT2D eigenvalue weighted by molar-refractivity contribution is -0.171. The van der Waals surface area contributed by atoms with Crippen molar-refractivity contribution in [1.82, 2.24) is 0 Å². The van der Waals surface area contributed by atoms with Crippen molar-refractivity contribution < 1.29 is 24.9 Å². The molecule has 0 aromatic carbocycles. The van der Waals surface area contributed by atoms with Crippen molar-refractivity contribution in [3.8, 4) is 0 Å². The van der Waals surface area contributed by atoms with Gasteiger partial charge in [0.05, 0.1) is 0 Å². The monoisotopic (exact) mass is 249 g/mol. The number of carboxylic acids is 1. The highest BCUT2D eigenvalue weighted by molar-refractivity contribution is 6.04. The molecule has 0 spiro atoms. The summed E-state index contributed by atoms with van der Waals surface area (Å²) in [6.07, 6.45) is 0.488. The molecule has 0 radical (unpaired) electrons. The molecular formula is C11H23NO5. The van der Waals surface area contributed by atoms with E-state index in [1.807, 2.05) is 0 Å². The Hall–Kier alpha value is -1.14. The lowest BCUT2D eigenvalue weighted by atomic mass is 9.84. The standard InChI is InChI=1S/C11H21NO4.H2O/c1-6-7(2)11(12,8(13)14)9(15)16-10(3,4)5;/h7H,6,12H2,1-5H3,(H,13,14);1H2/t7-,11-;/m0./s1. The molecule has 0 aromatic heterocycles. The largest absolute Gasteiger partial charge is 0.479 e. The third-order valence-corrected chi connectivity index (χ3v) is 2.48. The molecular weight excluding hydrogens is 226 g/mol. The van der Waals surface area contributed by atoms with Gasteiger partial charge in [0, 0.05) is 0 Å². The Labute approximate surface area is 101 Å². The zero-order valence-electron chi connectivity index (χ0n) is 11.0. The fourth-order valence-corrected chi connectivity index (χ4v) is 1.18. The molecule has 0 saturated carbocycles. The summed E-state index contributed by atoms with van der Waals surface area (Å²) in [5.41, 5.74) is 2.96. The second-order valence-corrected chi connectivity index (χ2v) is 4.99. The molecule has 0 saturated heterocycles. The van der Waals surface area contributed by atoms with Gasteiger partial charge in [0.25, 0.3) is 0 Å². The van der Waals surface area contributed by atoms with E-state index in [1.54, 1.807) is 34.6 Å². The number of carbonyl (C=O) groups excluding carboxylic acids is 1. The minimum absolute atomic E-state index is 0. The summed E-state index contributed by atoms with van der Waals surface area (Å²) in [5, 5.41) is 9.08. The molecule has 6 heteroatoms. The minimum Gasteiger partial charge on any atom is -0.479 e. The smallest absolute Gasteiger partial charge is 0.338 e. The predicted molar refractivity (Wildman–Crippen MR) is 63.5 cm³/mol. The van der Waals surface area contributed by atoms with Gasteiger partial charge >= 0.3 is 11.9 Å². The van der Waals surface area contributed by atoms with E-state index in [4.69, 9.17) is 15.6 Å². The van der Waals surface area contributed by atoms with E-state index in [2.05, 4.69) is 0 Å². The maximum Gasteiger partial charge on any atom is 0.338 e. The number of nitrogens with two attached hydrogens (primary N) is 1. The molecule has 0 unspecified atom stereocenters. The van der Waals surface area contributed by atoms with Gasteiger partial charge in [0.1, 0.15) is 5.60 Å². The molecule has 0 amide bonds. The second kappa shape index (κ2) is 5.97. The van der Waals surface area contributed by atoms with Gasteiger partial charge < -0.3 is 21.1 Å². The third-order valence-electron chi connectivity index (χ3n) is 2.48. The molecule has 0 bridgehead atoms. The van der Waals surface area contributed by atoms with Crippen LogP contribution in [0.2, 0.25) is 0 Å². The SMILES string of the molecule is CC[C@H](C)[C@](N)(C(=O)O)C(=O)OC(C)(C)C.O. The van der Waals surface area contributed by atoms with Crippen molar-refractivity contribution >= 4 is 11.9 Å². The molecule has 0 heterocycles. The summed E-state index contributed by atoms with van der Waals surface area (Å²) in [7, 11) is 0.